The molecule has 0 rings (SSSR count). The zero-order valence-corrected chi connectivity index (χ0v) is 9.09. The summed E-state index contributed by atoms with van der Waals surface area (Å²) < 4.78 is 0. The lowest BCUT2D eigenvalue weighted by atomic mass is 9.84. The Bertz CT molecular complexity index is 159. The molecule has 0 aliphatic carbocycles. The lowest BCUT2D eigenvalue weighted by Gasteiger charge is -2.21. The molecule has 0 amide bonds. The predicted octanol–water partition coefficient (Wildman–Crippen LogP) is 4.05. The second-order valence-electron chi connectivity index (χ2n) is 4.16. The molecule has 0 nitrogen and oxygen atoms in total. The Hall–Kier alpha value is -0.520. The van der Waals surface area contributed by atoms with Gasteiger partial charge < -0.3 is 0 Å². The van der Waals surface area contributed by atoms with Gasteiger partial charge in [0.05, 0.1) is 0 Å². The molecule has 0 heterocycles. The van der Waals surface area contributed by atoms with Crippen molar-refractivity contribution in [3.8, 4) is 0 Å². The van der Waals surface area contributed by atoms with Gasteiger partial charge >= 0.3 is 0 Å². The van der Waals surface area contributed by atoms with E-state index in [9.17, 15) is 0 Å². The van der Waals surface area contributed by atoms with Crippen molar-refractivity contribution >= 4 is 0 Å². The first-order valence-corrected chi connectivity index (χ1v) is 4.76. The average molecular weight is 166 g/mol. The molecule has 0 saturated heterocycles. The average Bonchev–Trinajstić information content (AvgIpc) is 1.85. The Labute approximate surface area is 77.4 Å². The quantitative estimate of drug-likeness (QED) is 0.553. The fraction of sp³-hybridized carbons (Fsp3) is 0.667. The highest BCUT2D eigenvalue weighted by molar-refractivity contribution is 5.01. The van der Waals surface area contributed by atoms with Crippen LogP contribution in [-0.2, 0) is 0 Å². The molecule has 0 bridgehead atoms. The molecule has 0 heteroatoms. The zero-order chi connectivity index (χ0) is 9.72. The summed E-state index contributed by atoms with van der Waals surface area (Å²) in [6, 6.07) is 0. The van der Waals surface area contributed by atoms with Crippen LogP contribution in [0.3, 0.4) is 0 Å². The lowest BCUT2D eigenvalue weighted by molar-refractivity contribution is 0.384. The second-order valence-corrected chi connectivity index (χ2v) is 4.16. The number of allylic oxidation sites excluding steroid dienone is 3. The van der Waals surface area contributed by atoms with E-state index in [4.69, 9.17) is 0 Å². The molecule has 2 atom stereocenters. The molecular formula is C12H22. The third kappa shape index (κ3) is 3.75. The van der Waals surface area contributed by atoms with Gasteiger partial charge in [-0.05, 0) is 31.6 Å². The number of rotatable bonds is 4. The summed E-state index contributed by atoms with van der Waals surface area (Å²) in [5, 5.41) is 0. The van der Waals surface area contributed by atoms with Gasteiger partial charge in [-0.1, -0.05) is 38.5 Å². The van der Waals surface area contributed by atoms with Crippen LogP contribution in [0.25, 0.3) is 0 Å². The first kappa shape index (κ1) is 11.5. The highest BCUT2D eigenvalue weighted by Gasteiger charge is 2.14. The molecule has 2 unspecified atom stereocenters. The van der Waals surface area contributed by atoms with Crippen LogP contribution in [-0.4, -0.2) is 0 Å². The van der Waals surface area contributed by atoms with E-state index in [1.54, 1.807) is 0 Å². The minimum absolute atomic E-state index is 0.611. The van der Waals surface area contributed by atoms with Crippen molar-refractivity contribution in [2.45, 2.75) is 34.6 Å². The van der Waals surface area contributed by atoms with Crippen LogP contribution in [0.1, 0.15) is 34.6 Å². The van der Waals surface area contributed by atoms with Gasteiger partial charge in [0.1, 0.15) is 0 Å². The van der Waals surface area contributed by atoms with Crippen molar-refractivity contribution in [1.82, 2.24) is 0 Å². The fourth-order valence-electron chi connectivity index (χ4n) is 1.73. The van der Waals surface area contributed by atoms with Crippen molar-refractivity contribution in [2.75, 3.05) is 0 Å². The summed E-state index contributed by atoms with van der Waals surface area (Å²) in [5.41, 5.74) is 1.40. The van der Waals surface area contributed by atoms with Crippen molar-refractivity contribution < 1.29 is 0 Å². The molecule has 0 aliphatic heterocycles. The normalized spacial score (nSPS) is 15.5. The van der Waals surface area contributed by atoms with E-state index in [0.29, 0.717) is 17.8 Å². The topological polar surface area (TPSA) is 0 Å². The Morgan fingerprint density at radius 2 is 1.67 bits per heavy atom. The predicted molar refractivity (Wildman–Crippen MR) is 57.1 cm³/mol. The molecule has 0 spiro atoms. The first-order chi connectivity index (χ1) is 5.49. The molecule has 12 heavy (non-hydrogen) atoms. The zero-order valence-electron chi connectivity index (χ0n) is 9.09. The van der Waals surface area contributed by atoms with E-state index in [2.05, 4.69) is 53.3 Å². The molecule has 0 aromatic heterocycles. The van der Waals surface area contributed by atoms with Gasteiger partial charge in [0.2, 0.25) is 0 Å². The molecule has 70 valence electrons. The van der Waals surface area contributed by atoms with Crippen LogP contribution >= 0.6 is 0 Å². The summed E-state index contributed by atoms with van der Waals surface area (Å²) in [4.78, 5) is 0. The minimum Gasteiger partial charge on any atom is -0.103 e. The van der Waals surface area contributed by atoms with E-state index in [1.807, 2.05) is 0 Å². The Morgan fingerprint density at radius 1 is 1.17 bits per heavy atom. The maximum atomic E-state index is 3.88. The lowest BCUT2D eigenvalue weighted by Crippen LogP contribution is -2.13. The summed E-state index contributed by atoms with van der Waals surface area (Å²) in [6.45, 7) is 14.9. The Balaban J connectivity index is 4.31. The highest BCUT2D eigenvalue weighted by Crippen LogP contribution is 2.23. The highest BCUT2D eigenvalue weighted by atomic mass is 14.2. The van der Waals surface area contributed by atoms with Gasteiger partial charge in [-0.25, -0.2) is 0 Å². The minimum atomic E-state index is 0.611. The third-order valence-corrected chi connectivity index (χ3v) is 2.25. The van der Waals surface area contributed by atoms with Crippen LogP contribution in [0, 0.1) is 17.8 Å². The van der Waals surface area contributed by atoms with Gasteiger partial charge in [0.15, 0.2) is 0 Å². The van der Waals surface area contributed by atoms with E-state index < -0.39 is 0 Å². The Kier molecular flexibility index (Phi) is 4.96. The van der Waals surface area contributed by atoms with E-state index >= 15 is 0 Å². The van der Waals surface area contributed by atoms with Crippen molar-refractivity contribution in [2.24, 2.45) is 17.8 Å². The molecule has 0 fully saturated rings. The van der Waals surface area contributed by atoms with Crippen molar-refractivity contribution in [3.63, 3.8) is 0 Å². The molecule has 0 N–H and O–H groups in total. The standard InChI is InChI=1S/C12H22/c1-7-12(10(4)5)11(6)8-9(2)3/h7-8,10-12H,1H2,2-6H3. The SMILES string of the molecule is C=CC(C(C)C)C(C)C=C(C)C. The molecule has 0 radical (unpaired) electrons. The van der Waals surface area contributed by atoms with Crippen molar-refractivity contribution in [1.29, 1.82) is 0 Å². The molecule has 0 aromatic carbocycles. The largest absolute Gasteiger partial charge is 0.103 e. The molecule has 0 saturated carbocycles. The number of hydrogen-bond acceptors (Lipinski definition) is 0. The van der Waals surface area contributed by atoms with Crippen molar-refractivity contribution in [3.05, 3.63) is 24.3 Å². The van der Waals surface area contributed by atoms with E-state index in [1.165, 1.54) is 5.57 Å². The summed E-state index contributed by atoms with van der Waals surface area (Å²) >= 11 is 0. The Morgan fingerprint density at radius 3 is 1.92 bits per heavy atom. The van der Waals surface area contributed by atoms with Gasteiger partial charge in [-0.2, -0.15) is 0 Å². The van der Waals surface area contributed by atoms with E-state index in [0.717, 1.165) is 0 Å². The summed E-state index contributed by atoms with van der Waals surface area (Å²) in [6.07, 6.45) is 4.40. The number of hydrogen-bond donors (Lipinski definition) is 0. The smallest absolute Gasteiger partial charge is 0.0153 e. The van der Waals surface area contributed by atoms with Crippen LogP contribution in [0.4, 0.5) is 0 Å². The summed E-state index contributed by atoms with van der Waals surface area (Å²) in [5.74, 6) is 1.92. The fourth-order valence-corrected chi connectivity index (χ4v) is 1.73. The monoisotopic (exact) mass is 166 g/mol. The van der Waals surface area contributed by atoms with Crippen LogP contribution < -0.4 is 0 Å². The first-order valence-electron chi connectivity index (χ1n) is 4.76. The van der Waals surface area contributed by atoms with Gasteiger partial charge in [-0.3, -0.25) is 0 Å². The van der Waals surface area contributed by atoms with Gasteiger partial charge in [0, 0.05) is 0 Å². The summed E-state index contributed by atoms with van der Waals surface area (Å²) in [7, 11) is 0. The van der Waals surface area contributed by atoms with Crippen LogP contribution in [0.15, 0.2) is 24.3 Å². The third-order valence-electron chi connectivity index (χ3n) is 2.25. The molecule has 0 aromatic rings. The van der Waals surface area contributed by atoms with E-state index in [-0.39, 0.29) is 0 Å². The maximum Gasteiger partial charge on any atom is -0.0153 e. The van der Waals surface area contributed by atoms with Gasteiger partial charge in [0.25, 0.3) is 0 Å². The van der Waals surface area contributed by atoms with Crippen LogP contribution in [0.5, 0.6) is 0 Å². The van der Waals surface area contributed by atoms with Gasteiger partial charge in [-0.15, -0.1) is 6.58 Å². The van der Waals surface area contributed by atoms with Crippen LogP contribution in [0.2, 0.25) is 0 Å². The molecule has 0 aliphatic rings. The molecular weight excluding hydrogens is 144 g/mol. The maximum absolute atomic E-state index is 3.88. The second kappa shape index (κ2) is 5.18.